The average molecular weight is 247 g/mol. The van der Waals surface area contributed by atoms with Gasteiger partial charge in [0.1, 0.15) is 5.03 Å². The number of carboxylic acids is 1. The van der Waals surface area contributed by atoms with Gasteiger partial charge in [-0.3, -0.25) is 4.79 Å². The highest BCUT2D eigenvalue weighted by Crippen LogP contribution is 2.26. The molecule has 0 amide bonds. The van der Waals surface area contributed by atoms with E-state index in [-0.39, 0.29) is 5.92 Å². The van der Waals surface area contributed by atoms with Crippen molar-refractivity contribution in [2.45, 2.75) is 11.9 Å². The maximum Gasteiger partial charge on any atom is 0.307 e. The van der Waals surface area contributed by atoms with Crippen LogP contribution in [0.1, 0.15) is 6.92 Å². The Hall–Kier alpha value is -1.55. The predicted octanol–water partition coefficient (Wildman–Crippen LogP) is 3.05. The number of carbonyl (C=O) groups is 1. The fourth-order valence-corrected chi connectivity index (χ4v) is 2.51. The monoisotopic (exact) mass is 247 g/mol. The number of aromatic nitrogens is 1. The number of rotatable bonds is 4. The largest absolute Gasteiger partial charge is 0.481 e. The van der Waals surface area contributed by atoms with Crippen molar-refractivity contribution in [2.75, 3.05) is 5.75 Å². The Morgan fingerprint density at radius 2 is 2.18 bits per heavy atom. The van der Waals surface area contributed by atoms with Crippen LogP contribution in [0, 0.1) is 5.92 Å². The third kappa shape index (κ3) is 2.77. The zero-order chi connectivity index (χ0) is 12.3. The van der Waals surface area contributed by atoms with Crippen LogP contribution in [0.15, 0.2) is 41.6 Å². The van der Waals surface area contributed by atoms with Crippen molar-refractivity contribution in [1.82, 2.24) is 4.98 Å². The zero-order valence-electron chi connectivity index (χ0n) is 9.46. The fraction of sp³-hybridized carbons (Fsp3) is 0.231. The van der Waals surface area contributed by atoms with Gasteiger partial charge in [-0.15, -0.1) is 11.8 Å². The number of benzene rings is 1. The van der Waals surface area contributed by atoms with Gasteiger partial charge in [-0.25, -0.2) is 4.98 Å². The first kappa shape index (κ1) is 11.9. The van der Waals surface area contributed by atoms with Gasteiger partial charge in [-0.05, 0) is 11.5 Å². The molecule has 0 saturated carbocycles. The van der Waals surface area contributed by atoms with Crippen molar-refractivity contribution in [1.29, 1.82) is 0 Å². The molecule has 1 aromatic heterocycles. The standard InChI is InChI=1S/C13H13NO2S/c1-9(13(15)16)8-17-12-11-5-3-2-4-10(11)6-7-14-12/h2-7,9H,8H2,1H3,(H,15,16). The van der Waals surface area contributed by atoms with Crippen LogP contribution in [-0.2, 0) is 4.79 Å². The quantitative estimate of drug-likeness (QED) is 0.844. The number of pyridine rings is 1. The summed E-state index contributed by atoms with van der Waals surface area (Å²) in [6.45, 7) is 1.71. The number of hydrogen-bond donors (Lipinski definition) is 1. The topological polar surface area (TPSA) is 50.2 Å². The van der Waals surface area contributed by atoms with E-state index in [9.17, 15) is 4.79 Å². The molecule has 3 nitrogen and oxygen atoms in total. The highest BCUT2D eigenvalue weighted by Gasteiger charge is 2.12. The number of hydrogen-bond acceptors (Lipinski definition) is 3. The van der Waals surface area contributed by atoms with Gasteiger partial charge in [0, 0.05) is 17.3 Å². The first-order valence-electron chi connectivity index (χ1n) is 5.38. The van der Waals surface area contributed by atoms with E-state index in [0.29, 0.717) is 5.75 Å². The Morgan fingerprint density at radius 3 is 2.94 bits per heavy atom. The summed E-state index contributed by atoms with van der Waals surface area (Å²) < 4.78 is 0. The Kier molecular flexibility index (Phi) is 3.64. The molecule has 0 aliphatic carbocycles. The van der Waals surface area contributed by atoms with Gasteiger partial charge >= 0.3 is 5.97 Å². The van der Waals surface area contributed by atoms with Crippen LogP contribution in [-0.4, -0.2) is 21.8 Å². The van der Waals surface area contributed by atoms with Crippen LogP contribution < -0.4 is 0 Å². The van der Waals surface area contributed by atoms with Gasteiger partial charge in [-0.1, -0.05) is 31.2 Å². The van der Waals surface area contributed by atoms with Crippen molar-refractivity contribution in [3.63, 3.8) is 0 Å². The maximum atomic E-state index is 10.8. The molecule has 0 saturated heterocycles. The van der Waals surface area contributed by atoms with E-state index >= 15 is 0 Å². The molecule has 17 heavy (non-hydrogen) atoms. The first-order valence-corrected chi connectivity index (χ1v) is 6.36. The van der Waals surface area contributed by atoms with E-state index < -0.39 is 5.97 Å². The highest BCUT2D eigenvalue weighted by atomic mass is 32.2. The van der Waals surface area contributed by atoms with E-state index in [0.717, 1.165) is 15.8 Å². The van der Waals surface area contributed by atoms with Gasteiger partial charge in [0.05, 0.1) is 5.92 Å². The molecule has 4 heteroatoms. The van der Waals surface area contributed by atoms with Crippen LogP contribution in [0.4, 0.5) is 0 Å². The molecule has 0 aliphatic heterocycles. The van der Waals surface area contributed by atoms with Gasteiger partial charge in [0.25, 0.3) is 0 Å². The van der Waals surface area contributed by atoms with Crippen LogP contribution in [0.25, 0.3) is 10.8 Å². The number of nitrogens with zero attached hydrogens (tertiary/aromatic N) is 1. The number of fused-ring (bicyclic) bond motifs is 1. The van der Waals surface area contributed by atoms with Crippen molar-refractivity contribution in [2.24, 2.45) is 5.92 Å². The number of thioether (sulfide) groups is 1. The molecule has 2 aromatic rings. The molecular formula is C13H13NO2S. The Morgan fingerprint density at radius 1 is 1.41 bits per heavy atom. The lowest BCUT2D eigenvalue weighted by molar-refractivity contribution is -0.140. The summed E-state index contributed by atoms with van der Waals surface area (Å²) in [5.74, 6) is -0.588. The zero-order valence-corrected chi connectivity index (χ0v) is 10.3. The van der Waals surface area contributed by atoms with Crippen LogP contribution in [0.5, 0.6) is 0 Å². The summed E-state index contributed by atoms with van der Waals surface area (Å²) in [6, 6.07) is 9.95. The normalized spacial score (nSPS) is 12.5. The molecule has 0 radical (unpaired) electrons. The molecular weight excluding hydrogens is 234 g/mol. The maximum absolute atomic E-state index is 10.8. The summed E-state index contributed by atoms with van der Waals surface area (Å²) in [6.07, 6.45) is 1.76. The second-order valence-electron chi connectivity index (χ2n) is 3.89. The van der Waals surface area contributed by atoms with Crippen molar-refractivity contribution in [3.05, 3.63) is 36.5 Å². The average Bonchev–Trinajstić information content (AvgIpc) is 2.35. The molecule has 1 N–H and O–H groups in total. The Bertz CT molecular complexity index is 536. The molecule has 1 aromatic carbocycles. The Labute approximate surface area is 104 Å². The van der Waals surface area contributed by atoms with E-state index in [1.165, 1.54) is 11.8 Å². The lowest BCUT2D eigenvalue weighted by atomic mass is 10.2. The lowest BCUT2D eigenvalue weighted by Gasteiger charge is -2.07. The van der Waals surface area contributed by atoms with Crippen LogP contribution >= 0.6 is 11.8 Å². The van der Waals surface area contributed by atoms with E-state index in [4.69, 9.17) is 5.11 Å². The SMILES string of the molecule is CC(CSc1nccc2ccccc12)C(=O)O. The minimum Gasteiger partial charge on any atom is -0.481 e. The second kappa shape index (κ2) is 5.19. The smallest absolute Gasteiger partial charge is 0.307 e. The predicted molar refractivity (Wildman–Crippen MR) is 69.3 cm³/mol. The van der Waals surface area contributed by atoms with Crippen molar-refractivity contribution < 1.29 is 9.90 Å². The third-order valence-corrected chi connectivity index (χ3v) is 3.79. The summed E-state index contributed by atoms with van der Waals surface area (Å²) in [4.78, 5) is 15.1. The molecule has 1 atom stereocenters. The molecule has 0 fully saturated rings. The number of aliphatic carboxylic acids is 1. The highest BCUT2D eigenvalue weighted by molar-refractivity contribution is 7.99. The first-order chi connectivity index (χ1) is 8.18. The summed E-state index contributed by atoms with van der Waals surface area (Å²) in [5.41, 5.74) is 0. The summed E-state index contributed by atoms with van der Waals surface area (Å²) in [7, 11) is 0. The lowest BCUT2D eigenvalue weighted by Crippen LogP contribution is -2.11. The van der Waals surface area contributed by atoms with E-state index in [1.807, 2.05) is 30.3 Å². The van der Waals surface area contributed by atoms with Gasteiger partial charge < -0.3 is 5.11 Å². The minimum absolute atomic E-state index is 0.360. The van der Waals surface area contributed by atoms with Gasteiger partial charge in [-0.2, -0.15) is 0 Å². The fourth-order valence-electron chi connectivity index (χ4n) is 1.48. The molecule has 0 spiro atoms. The molecule has 0 aliphatic rings. The molecule has 88 valence electrons. The van der Waals surface area contributed by atoms with Gasteiger partial charge in [0.15, 0.2) is 0 Å². The molecule has 1 unspecified atom stereocenters. The second-order valence-corrected chi connectivity index (χ2v) is 4.90. The Balaban J connectivity index is 2.21. The molecule has 0 bridgehead atoms. The van der Waals surface area contributed by atoms with Crippen LogP contribution in [0.2, 0.25) is 0 Å². The third-order valence-electron chi connectivity index (χ3n) is 2.53. The van der Waals surface area contributed by atoms with Gasteiger partial charge in [0.2, 0.25) is 0 Å². The summed E-state index contributed by atoms with van der Waals surface area (Å²) in [5, 5.41) is 12.0. The number of carboxylic acid groups (broad SMARTS) is 1. The summed E-state index contributed by atoms with van der Waals surface area (Å²) >= 11 is 1.49. The van der Waals surface area contributed by atoms with E-state index in [2.05, 4.69) is 4.98 Å². The molecule has 1 heterocycles. The van der Waals surface area contributed by atoms with Crippen LogP contribution in [0.3, 0.4) is 0 Å². The van der Waals surface area contributed by atoms with E-state index in [1.54, 1.807) is 13.1 Å². The van der Waals surface area contributed by atoms with Crippen molar-refractivity contribution in [3.8, 4) is 0 Å². The molecule has 2 rings (SSSR count). The minimum atomic E-state index is -0.766. The van der Waals surface area contributed by atoms with Crippen molar-refractivity contribution >= 4 is 28.5 Å².